The molecule has 38 heavy (non-hydrogen) atoms. The highest BCUT2D eigenvalue weighted by Crippen LogP contribution is 2.32. The third kappa shape index (κ3) is 5.93. The number of alkyl halides is 3. The molecule has 1 aromatic heterocycles. The predicted molar refractivity (Wildman–Crippen MR) is 124 cm³/mol. The minimum Gasteiger partial charge on any atom is -0.348 e. The normalized spacial score (nSPS) is 14.2. The van der Waals surface area contributed by atoms with E-state index >= 15 is 0 Å². The van der Waals surface area contributed by atoms with Gasteiger partial charge in [-0.3, -0.25) is 14.4 Å². The van der Waals surface area contributed by atoms with Crippen LogP contribution in [0.2, 0.25) is 0 Å². The molecule has 0 spiro atoms. The molecule has 0 bridgehead atoms. The van der Waals surface area contributed by atoms with Crippen molar-refractivity contribution in [3.8, 4) is 0 Å². The molecule has 3 aromatic rings. The van der Waals surface area contributed by atoms with E-state index in [0.29, 0.717) is 6.07 Å². The average molecular weight is 533 g/mol. The zero-order valence-electron chi connectivity index (χ0n) is 19.6. The maximum atomic E-state index is 13.5. The molecular formula is C25H20F5N5O3. The smallest absolute Gasteiger partial charge is 0.348 e. The van der Waals surface area contributed by atoms with Crippen LogP contribution in [0.3, 0.4) is 0 Å². The minimum atomic E-state index is -4.67. The zero-order valence-corrected chi connectivity index (χ0v) is 19.6. The fourth-order valence-electron chi connectivity index (χ4n) is 3.98. The Labute approximate surface area is 212 Å². The molecule has 4 rings (SSSR count). The minimum absolute atomic E-state index is 0.107. The number of amides is 3. The molecule has 2 heterocycles. The van der Waals surface area contributed by atoms with Crippen molar-refractivity contribution in [3.05, 3.63) is 88.9 Å². The first-order valence-corrected chi connectivity index (χ1v) is 11.4. The Kier molecular flexibility index (Phi) is 7.65. The molecule has 8 nitrogen and oxygen atoms in total. The number of rotatable bonds is 5. The molecule has 1 saturated heterocycles. The van der Waals surface area contributed by atoms with E-state index < -0.39 is 52.7 Å². The summed E-state index contributed by atoms with van der Waals surface area (Å²) >= 11 is 0. The number of anilines is 1. The van der Waals surface area contributed by atoms with Crippen LogP contribution in [0.4, 0.5) is 27.8 Å². The van der Waals surface area contributed by atoms with Gasteiger partial charge < -0.3 is 15.5 Å². The number of halogens is 5. The van der Waals surface area contributed by atoms with Crippen molar-refractivity contribution < 1.29 is 36.3 Å². The third-order valence-corrected chi connectivity index (χ3v) is 5.91. The van der Waals surface area contributed by atoms with Gasteiger partial charge in [0.1, 0.15) is 0 Å². The van der Waals surface area contributed by atoms with Gasteiger partial charge in [-0.25, -0.2) is 18.7 Å². The molecule has 0 saturated carbocycles. The highest BCUT2D eigenvalue weighted by molar-refractivity contribution is 6.07. The predicted octanol–water partition coefficient (Wildman–Crippen LogP) is 4.06. The topological polar surface area (TPSA) is 104 Å². The zero-order chi connectivity index (χ0) is 27.4. The molecule has 1 aliphatic rings. The molecule has 1 fully saturated rings. The first-order chi connectivity index (χ1) is 18.0. The van der Waals surface area contributed by atoms with Crippen molar-refractivity contribution in [2.75, 3.05) is 18.4 Å². The Hall–Kier alpha value is -4.42. The Bertz CT molecular complexity index is 1370. The number of hydrogen-bond acceptors (Lipinski definition) is 5. The van der Waals surface area contributed by atoms with Gasteiger partial charge >= 0.3 is 6.18 Å². The van der Waals surface area contributed by atoms with Gasteiger partial charge in [-0.05, 0) is 43.2 Å². The standard InChI is InChI=1S/C25H20F5N5O3/c26-18-6-5-14(13-19(18)27)22(36)34-21-20(31-9-10-32-21)23(37)33-15-7-11-35(12-8-15)24(38)16-3-1-2-4-17(16)25(28,29)30/h1-6,9-10,13,15H,7-8,11-12H2,(H,33,37)(H,32,34,36). The number of carbonyl (C=O) groups excluding carboxylic acids is 3. The summed E-state index contributed by atoms with van der Waals surface area (Å²) in [7, 11) is 0. The van der Waals surface area contributed by atoms with Gasteiger partial charge in [0.25, 0.3) is 17.7 Å². The first-order valence-electron chi connectivity index (χ1n) is 11.4. The summed E-state index contributed by atoms with van der Waals surface area (Å²) in [5.41, 5.74) is -1.89. The second-order valence-electron chi connectivity index (χ2n) is 8.42. The second kappa shape index (κ2) is 10.9. The quantitative estimate of drug-likeness (QED) is 0.482. The Morgan fingerprint density at radius 3 is 2.26 bits per heavy atom. The summed E-state index contributed by atoms with van der Waals surface area (Å²) in [5.74, 6) is -4.84. The second-order valence-corrected chi connectivity index (χ2v) is 8.42. The van der Waals surface area contributed by atoms with E-state index in [9.17, 15) is 36.3 Å². The average Bonchev–Trinajstić information content (AvgIpc) is 2.90. The van der Waals surface area contributed by atoms with Crippen LogP contribution in [-0.2, 0) is 6.18 Å². The molecular weight excluding hydrogens is 513 g/mol. The maximum Gasteiger partial charge on any atom is 0.417 e. The van der Waals surface area contributed by atoms with Crippen LogP contribution in [0.5, 0.6) is 0 Å². The van der Waals surface area contributed by atoms with Crippen LogP contribution < -0.4 is 10.6 Å². The SMILES string of the molecule is O=C(Nc1nccnc1C(=O)NC1CCN(C(=O)c2ccccc2C(F)(F)F)CC1)c1ccc(F)c(F)c1. The van der Waals surface area contributed by atoms with Crippen molar-refractivity contribution >= 4 is 23.5 Å². The fourth-order valence-corrected chi connectivity index (χ4v) is 3.98. The van der Waals surface area contributed by atoms with Crippen LogP contribution >= 0.6 is 0 Å². The third-order valence-electron chi connectivity index (χ3n) is 5.91. The molecule has 2 aromatic carbocycles. The molecule has 198 valence electrons. The summed E-state index contributed by atoms with van der Waals surface area (Å²) in [4.78, 5) is 47.2. The van der Waals surface area contributed by atoms with Crippen molar-refractivity contribution in [3.63, 3.8) is 0 Å². The summed E-state index contributed by atoms with van der Waals surface area (Å²) in [6.07, 6.45) is -1.69. The number of hydrogen-bond donors (Lipinski definition) is 2. The number of nitrogens with zero attached hydrogens (tertiary/aromatic N) is 3. The Morgan fingerprint density at radius 2 is 1.58 bits per heavy atom. The number of piperidine rings is 1. The lowest BCUT2D eigenvalue weighted by atomic mass is 10.0. The molecule has 0 aliphatic carbocycles. The van der Waals surface area contributed by atoms with Gasteiger partial charge in [-0.1, -0.05) is 12.1 Å². The monoisotopic (exact) mass is 533 g/mol. The summed E-state index contributed by atoms with van der Waals surface area (Å²) in [6.45, 7) is 0.215. The maximum absolute atomic E-state index is 13.5. The van der Waals surface area contributed by atoms with E-state index in [4.69, 9.17) is 0 Å². The molecule has 0 radical (unpaired) electrons. The number of likely N-dealkylation sites (tertiary alicyclic amines) is 1. The van der Waals surface area contributed by atoms with Crippen molar-refractivity contribution in [2.24, 2.45) is 0 Å². The fraction of sp³-hybridized carbons (Fsp3) is 0.240. The van der Waals surface area contributed by atoms with Gasteiger partial charge in [0, 0.05) is 37.1 Å². The van der Waals surface area contributed by atoms with E-state index in [2.05, 4.69) is 20.6 Å². The summed E-state index contributed by atoms with van der Waals surface area (Å²) < 4.78 is 66.5. The van der Waals surface area contributed by atoms with E-state index in [1.54, 1.807) is 0 Å². The van der Waals surface area contributed by atoms with Crippen LogP contribution in [0.15, 0.2) is 54.9 Å². The summed E-state index contributed by atoms with van der Waals surface area (Å²) in [5, 5.41) is 5.06. The first kappa shape index (κ1) is 26.6. The highest BCUT2D eigenvalue weighted by atomic mass is 19.4. The van der Waals surface area contributed by atoms with E-state index in [0.717, 1.165) is 24.3 Å². The molecule has 13 heteroatoms. The molecule has 2 N–H and O–H groups in total. The van der Waals surface area contributed by atoms with Crippen LogP contribution in [0, 0.1) is 11.6 Å². The van der Waals surface area contributed by atoms with E-state index in [1.807, 2.05) is 0 Å². The number of nitrogens with one attached hydrogen (secondary N) is 2. The Morgan fingerprint density at radius 1 is 0.895 bits per heavy atom. The Balaban J connectivity index is 1.39. The molecule has 0 unspecified atom stereocenters. The number of carbonyl (C=O) groups is 3. The van der Waals surface area contributed by atoms with Crippen molar-refractivity contribution in [1.82, 2.24) is 20.2 Å². The van der Waals surface area contributed by atoms with Gasteiger partial charge in [-0.2, -0.15) is 13.2 Å². The summed E-state index contributed by atoms with van der Waals surface area (Å²) in [6, 6.07) is 6.67. The molecule has 1 aliphatic heterocycles. The lowest BCUT2D eigenvalue weighted by Crippen LogP contribution is -2.47. The lowest BCUT2D eigenvalue weighted by Gasteiger charge is -2.33. The molecule has 3 amide bonds. The van der Waals surface area contributed by atoms with Crippen LogP contribution in [0.25, 0.3) is 0 Å². The number of aromatic nitrogens is 2. The van der Waals surface area contributed by atoms with E-state index in [-0.39, 0.29) is 43.0 Å². The highest BCUT2D eigenvalue weighted by Gasteiger charge is 2.36. The van der Waals surface area contributed by atoms with Crippen molar-refractivity contribution in [1.29, 1.82) is 0 Å². The van der Waals surface area contributed by atoms with Gasteiger partial charge in [0.2, 0.25) is 0 Å². The largest absolute Gasteiger partial charge is 0.417 e. The van der Waals surface area contributed by atoms with E-state index in [1.165, 1.54) is 29.4 Å². The molecule has 0 atom stereocenters. The van der Waals surface area contributed by atoms with Gasteiger partial charge in [0.05, 0.1) is 11.1 Å². The number of benzene rings is 2. The van der Waals surface area contributed by atoms with Crippen molar-refractivity contribution in [2.45, 2.75) is 25.1 Å². The van der Waals surface area contributed by atoms with Crippen LogP contribution in [-0.4, -0.2) is 51.7 Å². The van der Waals surface area contributed by atoms with Gasteiger partial charge in [-0.15, -0.1) is 0 Å². The van der Waals surface area contributed by atoms with Crippen LogP contribution in [0.1, 0.15) is 49.6 Å². The lowest BCUT2D eigenvalue weighted by molar-refractivity contribution is -0.138. The van der Waals surface area contributed by atoms with Gasteiger partial charge in [0.15, 0.2) is 23.1 Å².